The lowest BCUT2D eigenvalue weighted by atomic mass is 9.95. The first-order chi connectivity index (χ1) is 7.41. The number of hydrogen-bond acceptors (Lipinski definition) is 2. The van der Waals surface area contributed by atoms with E-state index < -0.39 is 12.0 Å². The summed E-state index contributed by atoms with van der Waals surface area (Å²) in [5, 5.41) is 11.1. The van der Waals surface area contributed by atoms with Gasteiger partial charge in [-0.1, -0.05) is 13.8 Å². The van der Waals surface area contributed by atoms with Crippen LogP contribution in [0, 0.1) is 11.8 Å². The zero-order valence-electron chi connectivity index (χ0n) is 10.1. The molecule has 2 atom stereocenters. The van der Waals surface area contributed by atoms with E-state index >= 15 is 0 Å². The van der Waals surface area contributed by atoms with Crippen LogP contribution < -0.4 is 5.32 Å². The number of amides is 2. The first-order valence-corrected chi connectivity index (χ1v) is 5.70. The van der Waals surface area contributed by atoms with Crippen LogP contribution in [0.15, 0.2) is 0 Å². The third kappa shape index (κ3) is 3.12. The van der Waals surface area contributed by atoms with Crippen molar-refractivity contribution in [2.24, 2.45) is 11.8 Å². The molecule has 16 heavy (non-hydrogen) atoms. The van der Waals surface area contributed by atoms with Gasteiger partial charge < -0.3 is 15.3 Å². The maximum Gasteiger partial charge on any atom is 0.325 e. The molecule has 1 aliphatic heterocycles. The van der Waals surface area contributed by atoms with Crippen LogP contribution in [0.4, 0.5) is 4.79 Å². The van der Waals surface area contributed by atoms with Crippen molar-refractivity contribution in [2.75, 3.05) is 13.1 Å². The van der Waals surface area contributed by atoms with E-state index in [1.165, 1.54) is 6.92 Å². The molecule has 0 aliphatic carbocycles. The molecule has 0 aromatic rings. The molecule has 1 saturated heterocycles. The summed E-state index contributed by atoms with van der Waals surface area (Å²) in [7, 11) is 0. The molecule has 1 rings (SSSR count). The van der Waals surface area contributed by atoms with E-state index in [2.05, 4.69) is 19.2 Å². The number of carboxylic acid groups (broad SMARTS) is 1. The Morgan fingerprint density at radius 3 is 2.44 bits per heavy atom. The minimum absolute atomic E-state index is 0.266. The summed E-state index contributed by atoms with van der Waals surface area (Å²) in [5.41, 5.74) is 0. The zero-order chi connectivity index (χ0) is 12.3. The van der Waals surface area contributed by atoms with Crippen LogP contribution in [0.2, 0.25) is 0 Å². The zero-order valence-corrected chi connectivity index (χ0v) is 10.1. The number of nitrogens with zero attached hydrogens (tertiary/aromatic N) is 1. The Morgan fingerprint density at radius 1 is 1.38 bits per heavy atom. The van der Waals surface area contributed by atoms with Crippen LogP contribution in [0.3, 0.4) is 0 Å². The lowest BCUT2D eigenvalue weighted by Gasteiger charge is -2.20. The van der Waals surface area contributed by atoms with Gasteiger partial charge in [0.1, 0.15) is 6.04 Å². The summed E-state index contributed by atoms with van der Waals surface area (Å²) in [6, 6.07) is -1.09. The molecule has 0 bridgehead atoms. The van der Waals surface area contributed by atoms with Gasteiger partial charge in [-0.2, -0.15) is 0 Å². The van der Waals surface area contributed by atoms with Gasteiger partial charge in [0.15, 0.2) is 0 Å². The van der Waals surface area contributed by atoms with Crippen LogP contribution in [-0.2, 0) is 4.79 Å². The van der Waals surface area contributed by atoms with Crippen molar-refractivity contribution < 1.29 is 14.7 Å². The van der Waals surface area contributed by atoms with Gasteiger partial charge in [0.25, 0.3) is 0 Å². The molecule has 2 unspecified atom stereocenters. The number of hydrogen-bond donors (Lipinski definition) is 2. The largest absolute Gasteiger partial charge is 0.480 e. The average Bonchev–Trinajstić information content (AvgIpc) is 2.65. The van der Waals surface area contributed by atoms with Gasteiger partial charge in [-0.15, -0.1) is 0 Å². The fraction of sp³-hybridized carbons (Fsp3) is 0.818. The van der Waals surface area contributed by atoms with E-state index in [9.17, 15) is 9.59 Å². The fourth-order valence-electron chi connectivity index (χ4n) is 1.85. The van der Waals surface area contributed by atoms with E-state index in [1.807, 2.05) is 0 Å². The predicted octanol–water partition coefficient (Wildman–Crippen LogP) is 1.15. The molecule has 92 valence electrons. The summed E-state index contributed by atoms with van der Waals surface area (Å²) in [4.78, 5) is 24.0. The van der Waals surface area contributed by atoms with Gasteiger partial charge >= 0.3 is 12.0 Å². The van der Waals surface area contributed by atoms with Crippen LogP contribution in [0.1, 0.15) is 27.2 Å². The lowest BCUT2D eigenvalue weighted by Crippen LogP contribution is -2.45. The Kier molecular flexibility index (Phi) is 4.15. The van der Waals surface area contributed by atoms with Crippen molar-refractivity contribution in [3.8, 4) is 0 Å². The fourth-order valence-corrected chi connectivity index (χ4v) is 1.85. The number of nitrogens with one attached hydrogen (secondary N) is 1. The monoisotopic (exact) mass is 228 g/mol. The highest BCUT2D eigenvalue weighted by molar-refractivity contribution is 5.82. The second-order valence-electron chi connectivity index (χ2n) is 4.75. The molecule has 0 radical (unpaired) electrons. The third-order valence-corrected chi connectivity index (χ3v) is 3.17. The van der Waals surface area contributed by atoms with E-state index in [-0.39, 0.29) is 6.03 Å². The molecular formula is C11H20N2O3. The van der Waals surface area contributed by atoms with Crippen LogP contribution >= 0.6 is 0 Å². The van der Waals surface area contributed by atoms with Crippen LogP contribution in [-0.4, -0.2) is 41.1 Å². The summed E-state index contributed by atoms with van der Waals surface area (Å²) in [6.07, 6.45) is 1.01. The van der Waals surface area contributed by atoms with Crippen molar-refractivity contribution in [1.29, 1.82) is 0 Å². The van der Waals surface area contributed by atoms with E-state index in [0.29, 0.717) is 11.8 Å². The first-order valence-electron chi connectivity index (χ1n) is 5.70. The Labute approximate surface area is 95.8 Å². The smallest absolute Gasteiger partial charge is 0.325 e. The molecular weight excluding hydrogens is 208 g/mol. The maximum absolute atomic E-state index is 11.7. The maximum atomic E-state index is 11.7. The highest BCUT2D eigenvalue weighted by atomic mass is 16.4. The Bertz CT molecular complexity index is 278. The highest BCUT2D eigenvalue weighted by Gasteiger charge is 2.29. The van der Waals surface area contributed by atoms with Crippen molar-refractivity contribution in [1.82, 2.24) is 10.2 Å². The Hall–Kier alpha value is -1.26. The van der Waals surface area contributed by atoms with E-state index in [0.717, 1.165) is 19.5 Å². The van der Waals surface area contributed by atoms with Gasteiger partial charge in [0.2, 0.25) is 0 Å². The number of aliphatic carboxylic acids is 1. The minimum Gasteiger partial charge on any atom is -0.480 e. The molecule has 2 amide bonds. The molecule has 0 spiro atoms. The van der Waals surface area contributed by atoms with Gasteiger partial charge in [0.05, 0.1) is 0 Å². The molecule has 2 N–H and O–H groups in total. The molecule has 0 saturated carbocycles. The lowest BCUT2D eigenvalue weighted by molar-refractivity contribution is -0.138. The molecule has 1 aliphatic rings. The number of rotatable bonds is 3. The number of carbonyl (C=O) groups excluding carboxylic acids is 1. The minimum atomic E-state index is -1.01. The SMILES string of the molecule is CC(NC(=O)N1CCC(C(C)C)C1)C(=O)O. The summed E-state index contributed by atoms with van der Waals surface area (Å²) >= 11 is 0. The van der Waals surface area contributed by atoms with E-state index in [4.69, 9.17) is 5.11 Å². The first kappa shape index (κ1) is 12.8. The number of carbonyl (C=O) groups is 2. The molecule has 1 fully saturated rings. The van der Waals surface area contributed by atoms with Crippen molar-refractivity contribution in [2.45, 2.75) is 33.2 Å². The van der Waals surface area contributed by atoms with Crippen molar-refractivity contribution in [3.63, 3.8) is 0 Å². The topological polar surface area (TPSA) is 69.6 Å². The molecule has 0 aromatic heterocycles. The number of urea groups is 1. The second kappa shape index (κ2) is 5.18. The highest BCUT2D eigenvalue weighted by Crippen LogP contribution is 2.23. The number of likely N-dealkylation sites (tertiary alicyclic amines) is 1. The van der Waals surface area contributed by atoms with Gasteiger partial charge in [-0.25, -0.2) is 4.79 Å². The summed E-state index contributed by atoms with van der Waals surface area (Å²) in [5.74, 6) is 0.0912. The average molecular weight is 228 g/mol. The van der Waals surface area contributed by atoms with Crippen molar-refractivity contribution >= 4 is 12.0 Å². The van der Waals surface area contributed by atoms with Crippen molar-refractivity contribution in [3.05, 3.63) is 0 Å². The Balaban J connectivity index is 2.42. The molecule has 1 heterocycles. The molecule has 5 nitrogen and oxygen atoms in total. The third-order valence-electron chi connectivity index (χ3n) is 3.17. The number of carboxylic acids is 1. The molecule has 5 heteroatoms. The molecule has 0 aromatic carbocycles. The second-order valence-corrected chi connectivity index (χ2v) is 4.75. The van der Waals surface area contributed by atoms with Crippen LogP contribution in [0.5, 0.6) is 0 Å². The normalized spacial score (nSPS) is 22.2. The summed E-state index contributed by atoms with van der Waals surface area (Å²) in [6.45, 7) is 7.21. The van der Waals surface area contributed by atoms with Gasteiger partial charge in [-0.05, 0) is 25.2 Å². The van der Waals surface area contributed by atoms with E-state index in [1.54, 1.807) is 4.90 Å². The Morgan fingerprint density at radius 2 is 2.00 bits per heavy atom. The predicted molar refractivity (Wildman–Crippen MR) is 60.1 cm³/mol. The van der Waals surface area contributed by atoms with Gasteiger partial charge in [-0.3, -0.25) is 4.79 Å². The van der Waals surface area contributed by atoms with Gasteiger partial charge in [0, 0.05) is 13.1 Å². The summed E-state index contributed by atoms with van der Waals surface area (Å²) < 4.78 is 0. The van der Waals surface area contributed by atoms with Crippen LogP contribution in [0.25, 0.3) is 0 Å². The quantitative estimate of drug-likeness (QED) is 0.761. The standard InChI is InChI=1S/C11H20N2O3/c1-7(2)9-4-5-13(6-9)11(16)12-8(3)10(14)15/h7-9H,4-6H2,1-3H3,(H,12,16)(H,14,15).